The molecule has 0 aliphatic heterocycles. The van der Waals surface area contributed by atoms with Crippen molar-refractivity contribution in [3.05, 3.63) is 0 Å². The Bertz CT molecular complexity index is 340. The minimum Gasteiger partial charge on any atom is -0.299 e. The molecule has 0 bridgehead atoms. The van der Waals surface area contributed by atoms with E-state index in [0.29, 0.717) is 0 Å². The van der Waals surface area contributed by atoms with E-state index in [0.717, 1.165) is 38.5 Å². The smallest absolute Gasteiger partial charge is 0.299 e. The quantitative estimate of drug-likeness (QED) is 0.0876. The molecule has 1 N–H and O–H groups in total. The molecule has 0 fully saturated rings. The van der Waals surface area contributed by atoms with Crippen LogP contribution in [0.5, 0.6) is 0 Å². The van der Waals surface area contributed by atoms with Gasteiger partial charge in [0.2, 0.25) is 0 Å². The van der Waals surface area contributed by atoms with Crippen LogP contribution in [0.25, 0.3) is 0 Å². The van der Waals surface area contributed by atoms with Crippen LogP contribution in [0.15, 0.2) is 0 Å². The van der Waals surface area contributed by atoms with Gasteiger partial charge >= 0.3 is 7.82 Å². The predicted molar refractivity (Wildman–Crippen MR) is 109 cm³/mol. The van der Waals surface area contributed by atoms with Crippen molar-refractivity contribution >= 4 is 7.82 Å². The van der Waals surface area contributed by atoms with Crippen molar-refractivity contribution in [2.24, 2.45) is 0 Å². The van der Waals surface area contributed by atoms with Gasteiger partial charge in [0.25, 0.3) is 0 Å². The lowest BCUT2D eigenvalue weighted by atomic mass is 10.1. The van der Waals surface area contributed by atoms with Gasteiger partial charge in [0, 0.05) is 0 Å². The van der Waals surface area contributed by atoms with Crippen LogP contribution in [0.3, 0.4) is 0 Å². The summed E-state index contributed by atoms with van der Waals surface area (Å²) in [5.41, 5.74) is 0. The first kappa shape index (κ1) is 27.0. The van der Waals surface area contributed by atoms with Crippen LogP contribution < -0.4 is 0 Å². The van der Waals surface area contributed by atoms with E-state index < -0.39 is 7.82 Å². The Morgan fingerprint density at radius 1 is 0.556 bits per heavy atom. The van der Waals surface area contributed by atoms with Crippen molar-refractivity contribution in [1.29, 1.82) is 0 Å². The highest BCUT2D eigenvalue weighted by molar-refractivity contribution is 7.47. The van der Waals surface area contributed by atoms with Gasteiger partial charge in [0.15, 0.2) is 0 Å². The van der Waals surface area contributed by atoms with Crippen molar-refractivity contribution in [2.75, 3.05) is 13.2 Å². The molecule has 0 rings (SSSR count). The molecule has 0 saturated heterocycles. The van der Waals surface area contributed by atoms with Crippen LogP contribution in [-0.2, 0) is 23.7 Å². The van der Waals surface area contributed by atoms with E-state index in [9.17, 15) is 9.46 Å². The van der Waals surface area contributed by atoms with Gasteiger partial charge in [-0.2, -0.15) is 0 Å². The summed E-state index contributed by atoms with van der Waals surface area (Å²) >= 11 is 0. The number of hydrogen-bond acceptors (Lipinski definition) is 5. The molecule has 0 aliphatic rings. The van der Waals surface area contributed by atoms with Crippen molar-refractivity contribution in [3.63, 3.8) is 0 Å². The summed E-state index contributed by atoms with van der Waals surface area (Å²) in [6.45, 7) is 4.96. The average Bonchev–Trinajstić information content (AvgIpc) is 2.64. The molecule has 6 nitrogen and oxygen atoms in total. The van der Waals surface area contributed by atoms with Crippen LogP contribution in [0.1, 0.15) is 117 Å². The molecule has 0 saturated carbocycles. The van der Waals surface area contributed by atoms with E-state index in [-0.39, 0.29) is 13.2 Å². The molecule has 7 heteroatoms. The van der Waals surface area contributed by atoms with E-state index in [1.807, 2.05) is 0 Å². The van der Waals surface area contributed by atoms with Crippen LogP contribution in [-0.4, -0.2) is 18.1 Å². The molecule has 0 heterocycles. The molecule has 1 unspecified atom stereocenters. The second-order valence-electron chi connectivity index (χ2n) is 7.21. The minimum atomic E-state index is -4.28. The molecule has 27 heavy (non-hydrogen) atoms. The van der Waals surface area contributed by atoms with Gasteiger partial charge in [-0.3, -0.25) is 4.89 Å². The summed E-state index contributed by atoms with van der Waals surface area (Å²) < 4.78 is 20.4. The van der Waals surface area contributed by atoms with Crippen molar-refractivity contribution in [2.45, 2.75) is 117 Å². The van der Waals surface area contributed by atoms with E-state index in [1.165, 1.54) is 64.2 Å². The van der Waals surface area contributed by atoms with Gasteiger partial charge < -0.3 is 0 Å². The van der Waals surface area contributed by atoms with Crippen LogP contribution in [0.2, 0.25) is 0 Å². The first-order valence-electron chi connectivity index (χ1n) is 11.1. The zero-order chi connectivity index (χ0) is 20.1. The van der Waals surface area contributed by atoms with Gasteiger partial charge in [0.1, 0.15) is 0 Å². The summed E-state index contributed by atoms with van der Waals surface area (Å²) in [6, 6.07) is 0. The summed E-state index contributed by atoms with van der Waals surface area (Å²) in [4.78, 5) is 18.9. The lowest BCUT2D eigenvalue weighted by Crippen LogP contribution is -2.01. The molecule has 0 aromatic heterocycles. The summed E-state index contributed by atoms with van der Waals surface area (Å²) in [6.07, 6.45) is 18.8. The summed E-state index contributed by atoms with van der Waals surface area (Å²) in [5.74, 6) is 0. The fourth-order valence-electron chi connectivity index (χ4n) is 2.81. The number of unbranched alkanes of at least 4 members (excludes halogenated alkanes) is 14. The number of hydrogen-bond donors (Lipinski definition) is 1. The SMILES string of the molecule is CCCCCCCCCCCCOOP(=O)(O)OOCCCCCCCC. The van der Waals surface area contributed by atoms with E-state index in [2.05, 4.69) is 23.2 Å². The Labute approximate surface area is 166 Å². The fourth-order valence-corrected chi connectivity index (χ4v) is 3.25. The first-order chi connectivity index (χ1) is 13.1. The molecule has 0 aromatic carbocycles. The zero-order valence-corrected chi connectivity index (χ0v) is 18.6. The Morgan fingerprint density at radius 2 is 0.852 bits per heavy atom. The van der Waals surface area contributed by atoms with Crippen LogP contribution in [0, 0.1) is 0 Å². The van der Waals surface area contributed by atoms with Gasteiger partial charge in [-0.05, 0) is 12.8 Å². The van der Waals surface area contributed by atoms with Gasteiger partial charge in [-0.1, -0.05) is 104 Å². The van der Waals surface area contributed by atoms with Crippen molar-refractivity contribution in [3.8, 4) is 0 Å². The molecular weight excluding hydrogens is 367 g/mol. The molecule has 0 amide bonds. The Kier molecular flexibility index (Phi) is 20.8. The molecule has 0 aromatic rings. The van der Waals surface area contributed by atoms with Gasteiger partial charge in [0.05, 0.1) is 13.2 Å². The molecular formula is C20H43O6P. The molecule has 0 aliphatic carbocycles. The van der Waals surface area contributed by atoms with E-state index >= 15 is 0 Å². The molecule has 0 spiro atoms. The zero-order valence-electron chi connectivity index (χ0n) is 17.7. The monoisotopic (exact) mass is 410 g/mol. The van der Waals surface area contributed by atoms with Crippen LogP contribution >= 0.6 is 7.82 Å². The second kappa shape index (κ2) is 20.8. The van der Waals surface area contributed by atoms with Crippen molar-refractivity contribution < 1.29 is 28.6 Å². The normalized spacial score (nSPS) is 13.7. The highest BCUT2D eigenvalue weighted by atomic mass is 31.2. The third kappa shape index (κ3) is 22.2. The maximum atomic E-state index is 11.5. The topological polar surface area (TPSA) is 74.2 Å². The number of phosphoric acid groups is 1. The van der Waals surface area contributed by atoms with E-state index in [4.69, 9.17) is 9.78 Å². The second-order valence-corrected chi connectivity index (χ2v) is 8.45. The Balaban J connectivity index is 3.31. The first-order valence-corrected chi connectivity index (χ1v) is 12.6. The average molecular weight is 411 g/mol. The maximum Gasteiger partial charge on any atom is 0.526 e. The van der Waals surface area contributed by atoms with Gasteiger partial charge in [-0.25, -0.2) is 14.3 Å². The highest BCUT2D eigenvalue weighted by Gasteiger charge is 2.24. The maximum absolute atomic E-state index is 11.5. The van der Waals surface area contributed by atoms with E-state index in [1.54, 1.807) is 0 Å². The largest absolute Gasteiger partial charge is 0.526 e. The lowest BCUT2D eigenvalue weighted by Gasteiger charge is -2.10. The third-order valence-electron chi connectivity index (χ3n) is 4.46. The van der Waals surface area contributed by atoms with Crippen LogP contribution in [0.4, 0.5) is 0 Å². The molecule has 164 valence electrons. The highest BCUT2D eigenvalue weighted by Crippen LogP contribution is 2.43. The fraction of sp³-hybridized carbons (Fsp3) is 1.00. The molecule has 0 radical (unpaired) electrons. The van der Waals surface area contributed by atoms with Crippen molar-refractivity contribution in [1.82, 2.24) is 0 Å². The summed E-state index contributed by atoms with van der Waals surface area (Å²) in [7, 11) is -4.28. The summed E-state index contributed by atoms with van der Waals surface area (Å²) in [5, 5.41) is 0. The number of rotatable bonds is 22. The lowest BCUT2D eigenvalue weighted by molar-refractivity contribution is -0.279. The standard InChI is InChI=1S/C20H43O6P/c1-3-5-7-9-11-12-13-14-16-18-20-24-26-27(21,22)25-23-19-17-15-10-8-6-4-2/h3-20H2,1-2H3,(H,21,22). The Hall–Kier alpha value is 0.0300. The third-order valence-corrected chi connectivity index (χ3v) is 5.04. The Morgan fingerprint density at radius 3 is 1.19 bits per heavy atom. The predicted octanol–water partition coefficient (Wildman–Crippen LogP) is 7.26. The molecule has 1 atom stereocenters. The van der Waals surface area contributed by atoms with Gasteiger partial charge in [-0.15, -0.1) is 9.35 Å². The minimum absolute atomic E-state index is 0.276.